The third-order valence-corrected chi connectivity index (χ3v) is 4.70. The number of halogens is 1. The Bertz CT molecular complexity index is 566. The van der Waals surface area contributed by atoms with Crippen LogP contribution in [0.25, 0.3) is 0 Å². The summed E-state index contributed by atoms with van der Waals surface area (Å²) in [5.41, 5.74) is 13.4. The van der Waals surface area contributed by atoms with Crippen LogP contribution < -0.4 is 16.6 Å². The highest BCUT2D eigenvalue weighted by molar-refractivity contribution is 5.81. The van der Waals surface area contributed by atoms with E-state index in [0.717, 1.165) is 24.8 Å². The van der Waals surface area contributed by atoms with E-state index in [4.69, 9.17) is 5.73 Å². The zero-order chi connectivity index (χ0) is 18.4. The lowest BCUT2D eigenvalue weighted by atomic mass is 9.99. The standard InChI is InChI=1S/C19H31FN4O/c1-13(2)10-17(21)19(25)24(3)9-5-8-16-12-18(23-22-16)14-6-4-7-15(20)11-14/h4,6-7,11,13,16-18,22-23H,5,8-10,12,21H2,1-3H3/t16?,17-,18?/m0/s1. The molecule has 1 aromatic carbocycles. The van der Waals surface area contributed by atoms with E-state index in [2.05, 4.69) is 24.7 Å². The van der Waals surface area contributed by atoms with Crippen LogP contribution in [0.2, 0.25) is 0 Å². The molecule has 2 rings (SSSR count). The third kappa shape index (κ3) is 6.06. The summed E-state index contributed by atoms with van der Waals surface area (Å²) >= 11 is 0. The van der Waals surface area contributed by atoms with E-state index in [0.29, 0.717) is 24.9 Å². The van der Waals surface area contributed by atoms with Crippen LogP contribution in [0.3, 0.4) is 0 Å². The summed E-state index contributed by atoms with van der Waals surface area (Å²) in [7, 11) is 1.82. The molecule has 1 aromatic rings. The molecule has 4 N–H and O–H groups in total. The SMILES string of the molecule is CC(C)C[C@H](N)C(=O)N(C)CCCC1CC(c2cccc(F)c2)NN1. The van der Waals surface area contributed by atoms with E-state index in [1.807, 2.05) is 13.1 Å². The van der Waals surface area contributed by atoms with E-state index < -0.39 is 6.04 Å². The van der Waals surface area contributed by atoms with Crippen molar-refractivity contribution in [1.82, 2.24) is 15.8 Å². The Labute approximate surface area is 150 Å². The Morgan fingerprint density at radius 3 is 2.84 bits per heavy atom. The molecule has 1 aliphatic rings. The maximum Gasteiger partial charge on any atom is 0.239 e. The van der Waals surface area contributed by atoms with Gasteiger partial charge in [-0.1, -0.05) is 26.0 Å². The van der Waals surface area contributed by atoms with Crippen LogP contribution in [0, 0.1) is 11.7 Å². The van der Waals surface area contributed by atoms with Crippen LogP contribution in [0.5, 0.6) is 0 Å². The van der Waals surface area contributed by atoms with Crippen molar-refractivity contribution >= 4 is 5.91 Å². The fourth-order valence-electron chi connectivity index (χ4n) is 3.33. The molecule has 1 aliphatic heterocycles. The Morgan fingerprint density at radius 2 is 2.16 bits per heavy atom. The molecule has 5 nitrogen and oxygen atoms in total. The van der Waals surface area contributed by atoms with E-state index in [1.165, 1.54) is 6.07 Å². The molecule has 0 saturated carbocycles. The van der Waals surface area contributed by atoms with E-state index in [1.54, 1.807) is 17.0 Å². The van der Waals surface area contributed by atoms with Gasteiger partial charge < -0.3 is 10.6 Å². The molecule has 0 spiro atoms. The van der Waals surface area contributed by atoms with Crippen molar-refractivity contribution in [2.24, 2.45) is 11.7 Å². The number of rotatable bonds is 8. The van der Waals surface area contributed by atoms with Gasteiger partial charge in [0.2, 0.25) is 5.91 Å². The van der Waals surface area contributed by atoms with E-state index >= 15 is 0 Å². The fourth-order valence-corrected chi connectivity index (χ4v) is 3.33. The van der Waals surface area contributed by atoms with Crippen LogP contribution in [-0.2, 0) is 4.79 Å². The molecule has 25 heavy (non-hydrogen) atoms. The van der Waals surface area contributed by atoms with Crippen molar-refractivity contribution in [2.45, 2.75) is 57.7 Å². The monoisotopic (exact) mass is 350 g/mol. The van der Waals surface area contributed by atoms with E-state index in [-0.39, 0.29) is 17.8 Å². The highest BCUT2D eigenvalue weighted by Gasteiger charge is 2.25. The summed E-state index contributed by atoms with van der Waals surface area (Å²) in [6, 6.07) is 6.74. The van der Waals surface area contributed by atoms with Gasteiger partial charge in [0.25, 0.3) is 0 Å². The molecule has 3 atom stereocenters. The van der Waals surface area contributed by atoms with Crippen LogP contribution in [0.4, 0.5) is 4.39 Å². The Balaban J connectivity index is 1.71. The second-order valence-electron chi connectivity index (χ2n) is 7.47. The van der Waals surface area contributed by atoms with Crippen LogP contribution >= 0.6 is 0 Å². The maximum atomic E-state index is 13.3. The quantitative estimate of drug-likeness (QED) is 0.673. The van der Waals surface area contributed by atoms with Crippen molar-refractivity contribution in [3.8, 4) is 0 Å². The summed E-state index contributed by atoms with van der Waals surface area (Å²) < 4.78 is 13.3. The zero-order valence-electron chi connectivity index (χ0n) is 15.5. The number of carbonyl (C=O) groups is 1. The van der Waals surface area contributed by atoms with Gasteiger partial charge in [0.15, 0.2) is 0 Å². The number of likely N-dealkylation sites (N-methyl/N-ethyl adjacent to an activating group) is 1. The summed E-state index contributed by atoms with van der Waals surface area (Å²) in [6.45, 7) is 4.84. The van der Waals surface area contributed by atoms with E-state index in [9.17, 15) is 9.18 Å². The van der Waals surface area contributed by atoms with Crippen molar-refractivity contribution < 1.29 is 9.18 Å². The van der Waals surface area contributed by atoms with Gasteiger partial charge in [0.05, 0.1) is 6.04 Å². The van der Waals surface area contributed by atoms with Gasteiger partial charge in [0, 0.05) is 25.7 Å². The molecule has 1 fully saturated rings. The second-order valence-corrected chi connectivity index (χ2v) is 7.47. The molecular weight excluding hydrogens is 319 g/mol. The number of nitrogens with zero attached hydrogens (tertiary/aromatic N) is 1. The van der Waals surface area contributed by atoms with Gasteiger partial charge in [-0.15, -0.1) is 0 Å². The van der Waals surface area contributed by atoms with Crippen LogP contribution in [-0.4, -0.2) is 36.5 Å². The summed E-state index contributed by atoms with van der Waals surface area (Å²) in [5, 5.41) is 0. The molecule has 1 amide bonds. The molecule has 0 aromatic heterocycles. The van der Waals surface area contributed by atoms with Gasteiger partial charge in [-0.3, -0.25) is 15.6 Å². The van der Waals surface area contributed by atoms with Crippen molar-refractivity contribution in [2.75, 3.05) is 13.6 Å². The predicted octanol–water partition coefficient (Wildman–Crippen LogP) is 2.35. The highest BCUT2D eigenvalue weighted by atomic mass is 19.1. The zero-order valence-corrected chi connectivity index (χ0v) is 15.5. The minimum absolute atomic E-state index is 0.0174. The first-order valence-corrected chi connectivity index (χ1v) is 9.14. The number of carbonyl (C=O) groups excluding carboxylic acids is 1. The summed E-state index contributed by atoms with van der Waals surface area (Å²) in [4.78, 5) is 13.9. The van der Waals surface area contributed by atoms with Crippen molar-refractivity contribution in [1.29, 1.82) is 0 Å². The number of hydrogen-bond donors (Lipinski definition) is 3. The molecule has 140 valence electrons. The van der Waals surface area contributed by atoms with Crippen LogP contribution in [0.15, 0.2) is 24.3 Å². The van der Waals surface area contributed by atoms with Gasteiger partial charge in [-0.2, -0.15) is 0 Å². The topological polar surface area (TPSA) is 70.4 Å². The van der Waals surface area contributed by atoms with Gasteiger partial charge >= 0.3 is 0 Å². The number of nitrogens with one attached hydrogen (secondary N) is 2. The first-order valence-electron chi connectivity index (χ1n) is 9.14. The smallest absolute Gasteiger partial charge is 0.239 e. The number of nitrogens with two attached hydrogens (primary N) is 1. The Morgan fingerprint density at radius 1 is 1.40 bits per heavy atom. The maximum absolute atomic E-state index is 13.3. The molecule has 1 heterocycles. The normalized spacial score (nSPS) is 21.5. The Kier molecular flexibility index (Phi) is 7.35. The number of hydrogen-bond acceptors (Lipinski definition) is 4. The average molecular weight is 350 g/mol. The predicted molar refractivity (Wildman–Crippen MR) is 98.1 cm³/mol. The average Bonchev–Trinajstić information content (AvgIpc) is 3.02. The number of amides is 1. The largest absolute Gasteiger partial charge is 0.344 e. The minimum Gasteiger partial charge on any atom is -0.344 e. The molecule has 1 saturated heterocycles. The minimum atomic E-state index is -0.409. The lowest BCUT2D eigenvalue weighted by molar-refractivity contribution is -0.131. The molecule has 0 radical (unpaired) electrons. The molecule has 6 heteroatoms. The highest BCUT2D eigenvalue weighted by Crippen LogP contribution is 2.24. The van der Waals surface area contributed by atoms with Gasteiger partial charge in [-0.25, -0.2) is 4.39 Å². The van der Waals surface area contributed by atoms with Crippen molar-refractivity contribution in [3.63, 3.8) is 0 Å². The lowest BCUT2D eigenvalue weighted by Crippen LogP contribution is -2.43. The first-order chi connectivity index (χ1) is 11.9. The van der Waals surface area contributed by atoms with Gasteiger partial charge in [0.1, 0.15) is 5.82 Å². The summed E-state index contributed by atoms with van der Waals surface area (Å²) in [6.07, 6.45) is 3.49. The summed E-state index contributed by atoms with van der Waals surface area (Å²) in [5.74, 6) is 0.227. The Hall–Kier alpha value is -1.50. The third-order valence-electron chi connectivity index (χ3n) is 4.70. The first kappa shape index (κ1) is 19.8. The molecule has 2 unspecified atom stereocenters. The second kappa shape index (κ2) is 9.27. The molecular formula is C19H31FN4O. The molecule has 0 bridgehead atoms. The number of hydrazine groups is 1. The van der Waals surface area contributed by atoms with Crippen molar-refractivity contribution in [3.05, 3.63) is 35.6 Å². The van der Waals surface area contributed by atoms with Crippen LogP contribution in [0.1, 0.15) is 51.1 Å². The number of benzene rings is 1. The molecule has 0 aliphatic carbocycles. The van der Waals surface area contributed by atoms with Gasteiger partial charge in [-0.05, 0) is 49.3 Å². The lowest BCUT2D eigenvalue weighted by Gasteiger charge is -2.22. The fraction of sp³-hybridized carbons (Fsp3) is 0.632.